The molecular formula is C17H13F2NO2S. The third kappa shape index (κ3) is 3.32. The van der Waals surface area contributed by atoms with Crippen LogP contribution in [0.5, 0.6) is 0 Å². The third-order valence-corrected chi connectivity index (χ3v) is 4.42. The van der Waals surface area contributed by atoms with Gasteiger partial charge in [-0.2, -0.15) is 0 Å². The van der Waals surface area contributed by atoms with Crippen molar-refractivity contribution in [2.45, 2.75) is 5.92 Å². The maximum Gasteiger partial charge on any atom is 0.257 e. The molecule has 0 spiro atoms. The van der Waals surface area contributed by atoms with Crippen LogP contribution in [0, 0.1) is 11.6 Å². The van der Waals surface area contributed by atoms with Gasteiger partial charge in [0.2, 0.25) is 0 Å². The van der Waals surface area contributed by atoms with Crippen molar-refractivity contribution in [2.24, 2.45) is 0 Å². The van der Waals surface area contributed by atoms with Gasteiger partial charge in [-0.15, -0.1) is 11.3 Å². The molecule has 0 fully saturated rings. The van der Waals surface area contributed by atoms with Crippen LogP contribution < -0.4 is 5.32 Å². The molecule has 0 unspecified atom stereocenters. The van der Waals surface area contributed by atoms with Gasteiger partial charge in [0.1, 0.15) is 23.0 Å². The second-order valence-electron chi connectivity index (χ2n) is 4.89. The molecule has 2 heterocycles. The number of thiophene rings is 1. The average Bonchev–Trinajstić information content (AvgIpc) is 3.21. The van der Waals surface area contributed by atoms with Crippen molar-refractivity contribution in [3.05, 3.63) is 81.9 Å². The van der Waals surface area contributed by atoms with E-state index in [-0.39, 0.29) is 12.5 Å². The monoisotopic (exact) mass is 333 g/mol. The number of hydrogen-bond acceptors (Lipinski definition) is 3. The Labute approximate surface area is 135 Å². The van der Waals surface area contributed by atoms with E-state index in [2.05, 4.69) is 5.32 Å². The zero-order valence-electron chi connectivity index (χ0n) is 12.0. The van der Waals surface area contributed by atoms with Gasteiger partial charge in [0.25, 0.3) is 5.91 Å². The van der Waals surface area contributed by atoms with Gasteiger partial charge in [-0.05, 0) is 35.7 Å². The largest absolute Gasteiger partial charge is 0.469 e. The van der Waals surface area contributed by atoms with E-state index in [1.165, 1.54) is 17.4 Å². The number of furan rings is 1. The van der Waals surface area contributed by atoms with E-state index >= 15 is 0 Å². The summed E-state index contributed by atoms with van der Waals surface area (Å²) in [4.78, 5) is 13.1. The van der Waals surface area contributed by atoms with Gasteiger partial charge in [0.15, 0.2) is 0 Å². The van der Waals surface area contributed by atoms with Crippen molar-refractivity contribution in [1.82, 2.24) is 5.32 Å². The van der Waals surface area contributed by atoms with Gasteiger partial charge in [0, 0.05) is 11.4 Å². The predicted octanol–water partition coefficient (Wildman–Crippen LogP) is 4.18. The standard InChI is InChI=1S/C17H13F2NO2S/c18-12-4-1-5-13(19)16(12)17(21)20-10-11(14-6-2-8-22-14)15-7-3-9-23-15/h1-9,11H,10H2,(H,20,21)/t11-/m1/s1. The minimum atomic E-state index is -0.881. The minimum absolute atomic E-state index is 0.181. The quantitative estimate of drug-likeness (QED) is 0.761. The van der Waals surface area contributed by atoms with Crippen LogP contribution in [-0.2, 0) is 0 Å². The molecule has 0 saturated carbocycles. The van der Waals surface area contributed by atoms with E-state index < -0.39 is 23.1 Å². The molecule has 1 aromatic carbocycles. The summed E-state index contributed by atoms with van der Waals surface area (Å²) in [6.45, 7) is 0.181. The molecule has 23 heavy (non-hydrogen) atoms. The van der Waals surface area contributed by atoms with E-state index in [0.717, 1.165) is 17.0 Å². The summed E-state index contributed by atoms with van der Waals surface area (Å²) in [5.74, 6) is -2.07. The Morgan fingerprint density at radius 2 is 1.91 bits per heavy atom. The molecule has 0 radical (unpaired) electrons. The second-order valence-corrected chi connectivity index (χ2v) is 5.87. The van der Waals surface area contributed by atoms with Gasteiger partial charge in [-0.3, -0.25) is 4.79 Å². The molecule has 1 N–H and O–H groups in total. The van der Waals surface area contributed by atoms with Crippen LogP contribution in [0.4, 0.5) is 8.78 Å². The molecule has 1 amide bonds. The van der Waals surface area contributed by atoms with Gasteiger partial charge < -0.3 is 9.73 Å². The van der Waals surface area contributed by atoms with E-state index in [1.54, 1.807) is 18.4 Å². The van der Waals surface area contributed by atoms with Crippen molar-refractivity contribution < 1.29 is 18.0 Å². The van der Waals surface area contributed by atoms with E-state index in [4.69, 9.17) is 4.42 Å². The van der Waals surface area contributed by atoms with Crippen LogP contribution in [0.1, 0.15) is 26.9 Å². The first-order valence-electron chi connectivity index (χ1n) is 6.96. The van der Waals surface area contributed by atoms with Crippen molar-refractivity contribution in [3.63, 3.8) is 0 Å². The number of nitrogens with one attached hydrogen (secondary N) is 1. The Bertz CT molecular complexity index is 731. The Kier molecular flexibility index (Phi) is 4.52. The van der Waals surface area contributed by atoms with Crippen LogP contribution in [0.25, 0.3) is 0 Å². The molecule has 0 saturated heterocycles. The molecule has 6 heteroatoms. The minimum Gasteiger partial charge on any atom is -0.469 e. The molecule has 0 aliphatic rings. The van der Waals surface area contributed by atoms with Crippen molar-refractivity contribution in [1.29, 1.82) is 0 Å². The third-order valence-electron chi connectivity index (χ3n) is 3.43. The average molecular weight is 333 g/mol. The number of rotatable bonds is 5. The summed E-state index contributed by atoms with van der Waals surface area (Å²) in [6, 6.07) is 10.7. The van der Waals surface area contributed by atoms with Crippen molar-refractivity contribution in [3.8, 4) is 0 Å². The first-order valence-corrected chi connectivity index (χ1v) is 7.84. The zero-order chi connectivity index (χ0) is 16.2. The first kappa shape index (κ1) is 15.4. The number of halogens is 2. The highest BCUT2D eigenvalue weighted by Gasteiger charge is 2.22. The van der Waals surface area contributed by atoms with Crippen LogP contribution >= 0.6 is 11.3 Å². The maximum absolute atomic E-state index is 13.7. The fraction of sp³-hybridized carbons (Fsp3) is 0.118. The summed E-state index contributed by atoms with van der Waals surface area (Å²) < 4.78 is 32.7. The number of hydrogen-bond donors (Lipinski definition) is 1. The summed E-state index contributed by atoms with van der Waals surface area (Å²) in [5, 5.41) is 4.51. The van der Waals surface area contributed by atoms with Gasteiger partial charge in [-0.25, -0.2) is 8.78 Å². The second kappa shape index (κ2) is 6.75. The molecule has 0 aliphatic carbocycles. The van der Waals surface area contributed by atoms with E-state index in [1.807, 2.05) is 17.5 Å². The lowest BCUT2D eigenvalue weighted by Crippen LogP contribution is -2.30. The topological polar surface area (TPSA) is 42.2 Å². The molecule has 3 rings (SSSR count). The fourth-order valence-electron chi connectivity index (χ4n) is 2.32. The summed E-state index contributed by atoms with van der Waals surface area (Å²) in [6.07, 6.45) is 1.55. The van der Waals surface area contributed by atoms with Crippen LogP contribution in [0.3, 0.4) is 0 Å². The molecule has 3 nitrogen and oxygen atoms in total. The first-order chi connectivity index (χ1) is 11.2. The SMILES string of the molecule is O=C(NC[C@H](c1ccco1)c1cccs1)c1c(F)cccc1F. The number of amides is 1. The highest BCUT2D eigenvalue weighted by molar-refractivity contribution is 7.10. The normalized spacial score (nSPS) is 12.1. The van der Waals surface area contributed by atoms with E-state index in [0.29, 0.717) is 5.76 Å². The number of carbonyl (C=O) groups excluding carboxylic acids is 1. The van der Waals surface area contributed by atoms with Crippen molar-refractivity contribution in [2.75, 3.05) is 6.54 Å². The lowest BCUT2D eigenvalue weighted by Gasteiger charge is -2.14. The zero-order valence-corrected chi connectivity index (χ0v) is 12.8. The van der Waals surface area contributed by atoms with Crippen LogP contribution in [-0.4, -0.2) is 12.5 Å². The molecule has 2 aromatic heterocycles. The van der Waals surface area contributed by atoms with Gasteiger partial charge >= 0.3 is 0 Å². The highest BCUT2D eigenvalue weighted by Crippen LogP contribution is 2.28. The lowest BCUT2D eigenvalue weighted by atomic mass is 10.0. The summed E-state index contributed by atoms with van der Waals surface area (Å²) in [7, 11) is 0. The molecule has 0 aliphatic heterocycles. The van der Waals surface area contributed by atoms with E-state index in [9.17, 15) is 13.6 Å². The Morgan fingerprint density at radius 3 is 2.52 bits per heavy atom. The van der Waals surface area contributed by atoms with Crippen LogP contribution in [0.2, 0.25) is 0 Å². The van der Waals surface area contributed by atoms with Crippen LogP contribution in [0.15, 0.2) is 58.5 Å². The lowest BCUT2D eigenvalue weighted by molar-refractivity contribution is 0.0943. The Hall–Kier alpha value is -2.47. The van der Waals surface area contributed by atoms with Gasteiger partial charge in [-0.1, -0.05) is 12.1 Å². The number of carbonyl (C=O) groups is 1. The number of benzene rings is 1. The molecular weight excluding hydrogens is 320 g/mol. The Morgan fingerprint density at radius 1 is 1.13 bits per heavy atom. The molecule has 0 bridgehead atoms. The molecule has 1 atom stereocenters. The molecule has 3 aromatic rings. The summed E-state index contributed by atoms with van der Waals surface area (Å²) in [5.41, 5.74) is -0.572. The van der Waals surface area contributed by atoms with Crippen molar-refractivity contribution >= 4 is 17.2 Å². The summed E-state index contributed by atoms with van der Waals surface area (Å²) >= 11 is 1.52. The fourth-order valence-corrected chi connectivity index (χ4v) is 3.15. The maximum atomic E-state index is 13.7. The highest BCUT2D eigenvalue weighted by atomic mass is 32.1. The Balaban J connectivity index is 1.78. The van der Waals surface area contributed by atoms with Gasteiger partial charge in [0.05, 0.1) is 12.2 Å². The smallest absolute Gasteiger partial charge is 0.257 e. The molecule has 118 valence electrons. The predicted molar refractivity (Wildman–Crippen MR) is 83.6 cm³/mol.